The molecule has 2 N–H and O–H groups in total. The molecule has 0 fully saturated rings. The molecule has 6 rings (SSSR count). The summed E-state index contributed by atoms with van der Waals surface area (Å²) in [6.07, 6.45) is 2.15. The summed E-state index contributed by atoms with van der Waals surface area (Å²) < 4.78 is 0. The van der Waals surface area contributed by atoms with Crippen LogP contribution >= 0.6 is 0 Å². The highest BCUT2D eigenvalue weighted by Crippen LogP contribution is 2.37. The van der Waals surface area contributed by atoms with Crippen molar-refractivity contribution < 1.29 is 9.59 Å². The average Bonchev–Trinajstić information content (AvgIpc) is 3.35. The van der Waals surface area contributed by atoms with Crippen LogP contribution in [0, 0.1) is 0 Å². The van der Waals surface area contributed by atoms with Gasteiger partial charge in [-0.3, -0.25) is 9.59 Å². The number of benzene rings is 5. The smallest absolute Gasteiger partial charge is 0.256 e. The van der Waals surface area contributed by atoms with Gasteiger partial charge in [0.1, 0.15) is 6.17 Å². The minimum Gasteiger partial charge on any atom is -0.361 e. The van der Waals surface area contributed by atoms with Crippen molar-refractivity contribution >= 4 is 17.5 Å². The summed E-state index contributed by atoms with van der Waals surface area (Å²) in [6.45, 7) is 2.12. The first-order valence-electron chi connectivity index (χ1n) is 15.3. The zero-order chi connectivity index (χ0) is 30.3. The molecule has 44 heavy (non-hydrogen) atoms. The quantitative estimate of drug-likeness (QED) is 0.167. The maximum Gasteiger partial charge on any atom is 0.256 e. The molecule has 1 aliphatic rings. The number of rotatable bonds is 11. The Labute approximate surface area is 259 Å². The van der Waals surface area contributed by atoms with Crippen LogP contribution in [0.2, 0.25) is 0 Å². The van der Waals surface area contributed by atoms with Crippen molar-refractivity contribution in [1.82, 2.24) is 10.2 Å². The van der Waals surface area contributed by atoms with E-state index in [9.17, 15) is 9.59 Å². The van der Waals surface area contributed by atoms with Crippen LogP contribution in [0.1, 0.15) is 68.5 Å². The average molecular weight is 580 g/mol. The molecule has 0 spiro atoms. The second-order valence-electron chi connectivity index (χ2n) is 11.4. The van der Waals surface area contributed by atoms with E-state index in [1.165, 1.54) is 5.56 Å². The SMILES string of the molecule is CC(CCc1ccccc1)N1C(=O)c2ccccc2C1Nc1ccc(C(=O)NC(Cc2ccccc2)c2ccccc2)cc1. The lowest BCUT2D eigenvalue weighted by atomic mass is 9.98. The first-order chi connectivity index (χ1) is 21.6. The Bertz CT molecular complexity index is 1690. The van der Waals surface area contributed by atoms with Crippen LogP contribution in [-0.2, 0) is 12.8 Å². The van der Waals surface area contributed by atoms with Gasteiger partial charge in [-0.1, -0.05) is 109 Å². The summed E-state index contributed by atoms with van der Waals surface area (Å²) >= 11 is 0. The van der Waals surface area contributed by atoms with Crippen molar-refractivity contribution in [3.8, 4) is 0 Å². The number of nitrogens with zero attached hydrogens (tertiary/aromatic N) is 1. The zero-order valence-corrected chi connectivity index (χ0v) is 24.9. The number of nitrogens with one attached hydrogen (secondary N) is 2. The van der Waals surface area contributed by atoms with Crippen LogP contribution in [0.3, 0.4) is 0 Å². The Kier molecular flexibility index (Phi) is 8.83. The van der Waals surface area contributed by atoms with Crippen molar-refractivity contribution in [3.63, 3.8) is 0 Å². The summed E-state index contributed by atoms with van der Waals surface area (Å²) in [5, 5.41) is 6.84. The van der Waals surface area contributed by atoms with E-state index in [-0.39, 0.29) is 30.1 Å². The third kappa shape index (κ3) is 6.57. The zero-order valence-electron chi connectivity index (χ0n) is 24.9. The Balaban J connectivity index is 1.17. The van der Waals surface area contributed by atoms with Crippen LogP contribution in [0.5, 0.6) is 0 Å². The monoisotopic (exact) mass is 579 g/mol. The molecule has 5 heteroatoms. The molecule has 5 nitrogen and oxygen atoms in total. The molecule has 3 unspecified atom stereocenters. The predicted octanol–water partition coefficient (Wildman–Crippen LogP) is 7.99. The number of carbonyl (C=O) groups is 2. The molecular formula is C39H37N3O2. The molecule has 0 aromatic heterocycles. The molecule has 2 amide bonds. The third-order valence-corrected chi connectivity index (χ3v) is 8.41. The van der Waals surface area contributed by atoms with E-state index in [2.05, 4.69) is 54.0 Å². The third-order valence-electron chi connectivity index (χ3n) is 8.41. The van der Waals surface area contributed by atoms with Crippen molar-refractivity contribution in [2.75, 3.05) is 5.32 Å². The number of hydrogen-bond acceptors (Lipinski definition) is 3. The number of fused-ring (bicyclic) bond motifs is 1. The summed E-state index contributed by atoms with van der Waals surface area (Å²) in [5.41, 5.74) is 6.63. The Morgan fingerprint density at radius 3 is 2.00 bits per heavy atom. The lowest BCUT2D eigenvalue weighted by Crippen LogP contribution is -2.39. The molecule has 220 valence electrons. The Morgan fingerprint density at radius 2 is 1.32 bits per heavy atom. The van der Waals surface area contributed by atoms with E-state index < -0.39 is 0 Å². The highest BCUT2D eigenvalue weighted by molar-refractivity contribution is 6.00. The van der Waals surface area contributed by atoms with Gasteiger partial charge in [-0.05, 0) is 73.2 Å². The second kappa shape index (κ2) is 13.4. The lowest BCUT2D eigenvalue weighted by molar-refractivity contribution is 0.0659. The summed E-state index contributed by atoms with van der Waals surface area (Å²) in [7, 11) is 0. The van der Waals surface area contributed by atoms with Gasteiger partial charge in [-0.25, -0.2) is 0 Å². The van der Waals surface area contributed by atoms with E-state index in [0.717, 1.165) is 40.8 Å². The molecule has 0 bridgehead atoms. The van der Waals surface area contributed by atoms with Gasteiger partial charge < -0.3 is 15.5 Å². The van der Waals surface area contributed by atoms with Gasteiger partial charge in [0.15, 0.2) is 0 Å². The van der Waals surface area contributed by atoms with Crippen molar-refractivity contribution in [2.24, 2.45) is 0 Å². The van der Waals surface area contributed by atoms with Gasteiger partial charge in [-0.15, -0.1) is 0 Å². The highest BCUT2D eigenvalue weighted by atomic mass is 16.2. The van der Waals surface area contributed by atoms with Crippen LogP contribution in [0.15, 0.2) is 140 Å². The largest absolute Gasteiger partial charge is 0.361 e. The minimum atomic E-state index is -0.294. The van der Waals surface area contributed by atoms with Crippen LogP contribution in [0.25, 0.3) is 0 Å². The minimum absolute atomic E-state index is 0.0252. The maximum atomic E-state index is 13.6. The molecule has 0 radical (unpaired) electrons. The molecule has 5 aromatic carbocycles. The van der Waals surface area contributed by atoms with Gasteiger partial charge in [0.2, 0.25) is 0 Å². The van der Waals surface area contributed by atoms with Crippen molar-refractivity contribution in [1.29, 1.82) is 0 Å². The predicted molar refractivity (Wildman–Crippen MR) is 176 cm³/mol. The Morgan fingerprint density at radius 1 is 0.727 bits per heavy atom. The lowest BCUT2D eigenvalue weighted by Gasteiger charge is -2.32. The molecule has 1 heterocycles. The number of hydrogen-bond donors (Lipinski definition) is 2. The number of aryl methyl sites for hydroxylation is 1. The van der Waals surface area contributed by atoms with E-state index in [0.29, 0.717) is 12.0 Å². The summed E-state index contributed by atoms with van der Waals surface area (Å²) in [4.78, 5) is 29.0. The molecule has 1 aliphatic heterocycles. The molecule has 5 aromatic rings. The Hall–Kier alpha value is -5.16. The molecule has 0 saturated heterocycles. The van der Waals surface area contributed by atoms with Gasteiger partial charge in [-0.2, -0.15) is 0 Å². The normalized spacial score (nSPS) is 15.3. The van der Waals surface area contributed by atoms with E-state index in [1.54, 1.807) is 0 Å². The number of anilines is 1. The van der Waals surface area contributed by atoms with E-state index >= 15 is 0 Å². The van der Waals surface area contributed by atoms with Crippen molar-refractivity contribution in [2.45, 2.75) is 44.4 Å². The topological polar surface area (TPSA) is 61.4 Å². The summed E-state index contributed by atoms with van der Waals surface area (Å²) in [5.74, 6) is -0.0843. The van der Waals surface area contributed by atoms with Crippen LogP contribution in [-0.4, -0.2) is 22.8 Å². The molecule has 3 atom stereocenters. The maximum absolute atomic E-state index is 13.6. The van der Waals surface area contributed by atoms with E-state index in [4.69, 9.17) is 0 Å². The van der Waals surface area contributed by atoms with E-state index in [1.807, 2.05) is 108 Å². The van der Waals surface area contributed by atoms with Gasteiger partial charge in [0.25, 0.3) is 11.8 Å². The first kappa shape index (κ1) is 28.9. The van der Waals surface area contributed by atoms with Crippen molar-refractivity contribution in [3.05, 3.63) is 173 Å². The van der Waals surface area contributed by atoms with Gasteiger partial charge in [0.05, 0.1) is 6.04 Å². The fourth-order valence-electron chi connectivity index (χ4n) is 6.00. The molecular weight excluding hydrogens is 542 g/mol. The fraction of sp³-hybridized carbons (Fsp3) is 0.179. The number of amides is 2. The van der Waals surface area contributed by atoms with Crippen LogP contribution < -0.4 is 10.6 Å². The van der Waals surface area contributed by atoms with Gasteiger partial charge in [0, 0.05) is 28.4 Å². The van der Waals surface area contributed by atoms with Gasteiger partial charge >= 0.3 is 0 Å². The molecule has 0 aliphatic carbocycles. The summed E-state index contributed by atoms with van der Waals surface area (Å²) in [6, 6.07) is 45.9. The standard InChI is InChI=1S/C39H37N3O2/c1-28(21-22-29-13-5-2-6-14-29)42-37(34-19-11-12-20-35(34)39(42)44)40-33-25-23-32(24-26-33)38(43)41-36(31-17-9-4-10-18-31)27-30-15-7-3-8-16-30/h2-20,23-26,28,36-37,40H,21-22,27H2,1H3,(H,41,43). The fourth-order valence-corrected chi connectivity index (χ4v) is 6.00. The highest BCUT2D eigenvalue weighted by Gasteiger charge is 2.39. The first-order valence-corrected chi connectivity index (χ1v) is 15.3. The van der Waals surface area contributed by atoms with Crippen LogP contribution in [0.4, 0.5) is 5.69 Å². The second-order valence-corrected chi connectivity index (χ2v) is 11.4. The number of carbonyl (C=O) groups excluding carboxylic acids is 2. The molecule has 0 saturated carbocycles.